The van der Waals surface area contributed by atoms with Crippen LogP contribution in [0, 0.1) is 0 Å². The van der Waals surface area contributed by atoms with Crippen LogP contribution in [0.1, 0.15) is 38.7 Å². The smallest absolute Gasteiger partial charge is 0.211 e. The fraction of sp³-hybridized carbons (Fsp3) is 0.538. The van der Waals surface area contributed by atoms with Crippen molar-refractivity contribution in [3.05, 3.63) is 29.8 Å². The summed E-state index contributed by atoms with van der Waals surface area (Å²) in [6.45, 7) is 4.65. The predicted molar refractivity (Wildman–Crippen MR) is 70.5 cm³/mol. The highest BCUT2D eigenvalue weighted by atomic mass is 32.2. The van der Waals surface area contributed by atoms with E-state index in [4.69, 9.17) is 0 Å². The van der Waals surface area contributed by atoms with Crippen molar-refractivity contribution in [1.82, 2.24) is 4.72 Å². The van der Waals surface area contributed by atoms with Gasteiger partial charge in [0.15, 0.2) is 0 Å². The van der Waals surface area contributed by atoms with Crippen molar-refractivity contribution in [2.75, 3.05) is 6.54 Å². The van der Waals surface area contributed by atoms with Crippen molar-refractivity contribution < 1.29 is 8.42 Å². The molecular weight excluding hydrogens is 234 g/mol. The molecule has 0 saturated carbocycles. The molecule has 0 amide bonds. The number of hydrogen-bond donors (Lipinski definition) is 1. The number of hydrogen-bond acceptors (Lipinski definition) is 2. The first-order chi connectivity index (χ1) is 8.10. The van der Waals surface area contributed by atoms with Gasteiger partial charge in [-0.1, -0.05) is 38.8 Å². The molecule has 0 fully saturated rings. The number of aryl methyl sites for hydroxylation is 1. The maximum atomic E-state index is 11.9. The summed E-state index contributed by atoms with van der Waals surface area (Å²) < 4.78 is 26.3. The van der Waals surface area contributed by atoms with E-state index in [0.29, 0.717) is 11.4 Å². The van der Waals surface area contributed by atoms with E-state index in [-0.39, 0.29) is 0 Å². The van der Waals surface area contributed by atoms with E-state index in [1.165, 1.54) is 5.56 Å². The van der Waals surface area contributed by atoms with Gasteiger partial charge >= 0.3 is 0 Å². The van der Waals surface area contributed by atoms with E-state index in [9.17, 15) is 8.42 Å². The molecule has 0 radical (unpaired) electrons. The third-order valence-corrected chi connectivity index (χ3v) is 4.07. The van der Waals surface area contributed by atoms with Crippen LogP contribution in [-0.4, -0.2) is 15.0 Å². The summed E-state index contributed by atoms with van der Waals surface area (Å²) >= 11 is 0. The van der Waals surface area contributed by atoms with E-state index >= 15 is 0 Å². The van der Waals surface area contributed by atoms with E-state index in [0.717, 1.165) is 25.7 Å². The molecule has 0 bridgehead atoms. The molecule has 0 aliphatic rings. The number of sulfonamides is 1. The third-order valence-electron chi connectivity index (χ3n) is 2.59. The molecule has 4 heteroatoms. The Labute approximate surface area is 104 Å². The van der Waals surface area contributed by atoms with Crippen LogP contribution in [0.15, 0.2) is 29.2 Å². The van der Waals surface area contributed by atoms with Gasteiger partial charge in [0.1, 0.15) is 0 Å². The van der Waals surface area contributed by atoms with Gasteiger partial charge in [-0.15, -0.1) is 0 Å². The fourth-order valence-corrected chi connectivity index (χ4v) is 2.66. The van der Waals surface area contributed by atoms with Crippen LogP contribution >= 0.6 is 0 Å². The molecule has 0 atom stereocenters. The Morgan fingerprint density at radius 1 is 1.06 bits per heavy atom. The first-order valence-corrected chi connectivity index (χ1v) is 7.67. The predicted octanol–water partition coefficient (Wildman–Crippen LogP) is 2.72. The number of unbranched alkanes of at least 4 members (excludes halogenated alkanes) is 1. The largest absolute Gasteiger partial charge is 0.240 e. The summed E-state index contributed by atoms with van der Waals surface area (Å²) in [6, 6.07) is 7.13. The minimum Gasteiger partial charge on any atom is -0.211 e. The van der Waals surface area contributed by atoms with Gasteiger partial charge in [0, 0.05) is 6.54 Å². The zero-order valence-electron chi connectivity index (χ0n) is 10.6. The second kappa shape index (κ2) is 6.77. The topological polar surface area (TPSA) is 46.2 Å². The Morgan fingerprint density at radius 2 is 1.71 bits per heavy atom. The molecule has 0 saturated heterocycles. The molecule has 0 heterocycles. The Balaban J connectivity index is 2.71. The van der Waals surface area contributed by atoms with Gasteiger partial charge < -0.3 is 0 Å². The van der Waals surface area contributed by atoms with Crippen molar-refractivity contribution in [1.29, 1.82) is 0 Å². The molecule has 1 N–H and O–H groups in total. The maximum absolute atomic E-state index is 11.9. The second-order valence-corrected chi connectivity index (χ2v) is 5.91. The fourth-order valence-electron chi connectivity index (χ4n) is 1.59. The summed E-state index contributed by atoms with van der Waals surface area (Å²) in [5, 5.41) is 0. The summed E-state index contributed by atoms with van der Waals surface area (Å²) in [5.41, 5.74) is 1.18. The SMILES string of the molecule is CCCCNS(=O)(=O)c1ccc(CCC)cc1. The van der Waals surface area contributed by atoms with Crippen LogP contribution in [0.2, 0.25) is 0 Å². The summed E-state index contributed by atoms with van der Waals surface area (Å²) in [6.07, 6.45) is 3.91. The monoisotopic (exact) mass is 255 g/mol. The van der Waals surface area contributed by atoms with Crippen molar-refractivity contribution in [3.63, 3.8) is 0 Å². The highest BCUT2D eigenvalue weighted by Crippen LogP contribution is 2.11. The standard InChI is InChI=1S/C13H21NO2S/c1-3-5-11-14-17(15,16)13-9-7-12(6-4-2)8-10-13/h7-10,14H,3-6,11H2,1-2H3. The average Bonchev–Trinajstić information content (AvgIpc) is 2.30. The summed E-state index contributed by atoms with van der Waals surface area (Å²) in [5.74, 6) is 0. The summed E-state index contributed by atoms with van der Waals surface area (Å²) in [7, 11) is -3.31. The molecule has 0 aliphatic heterocycles. The lowest BCUT2D eigenvalue weighted by atomic mass is 10.1. The van der Waals surface area contributed by atoms with Gasteiger partial charge in [-0.05, 0) is 30.5 Å². The van der Waals surface area contributed by atoms with E-state index < -0.39 is 10.0 Å². The van der Waals surface area contributed by atoms with Gasteiger partial charge in [-0.25, -0.2) is 13.1 Å². The van der Waals surface area contributed by atoms with Crippen molar-refractivity contribution in [2.24, 2.45) is 0 Å². The van der Waals surface area contributed by atoms with Gasteiger partial charge in [-0.2, -0.15) is 0 Å². The number of nitrogens with one attached hydrogen (secondary N) is 1. The highest BCUT2D eigenvalue weighted by Gasteiger charge is 2.12. The van der Waals surface area contributed by atoms with Gasteiger partial charge in [-0.3, -0.25) is 0 Å². The highest BCUT2D eigenvalue weighted by molar-refractivity contribution is 7.89. The van der Waals surface area contributed by atoms with Crippen LogP contribution in [0.5, 0.6) is 0 Å². The number of rotatable bonds is 7. The second-order valence-electron chi connectivity index (χ2n) is 4.15. The van der Waals surface area contributed by atoms with Crippen molar-refractivity contribution >= 4 is 10.0 Å². The van der Waals surface area contributed by atoms with Crippen molar-refractivity contribution in [2.45, 2.75) is 44.4 Å². The van der Waals surface area contributed by atoms with Crippen LogP contribution in [0.4, 0.5) is 0 Å². The zero-order valence-corrected chi connectivity index (χ0v) is 11.4. The molecule has 1 aromatic carbocycles. The molecule has 0 unspecified atom stereocenters. The lowest BCUT2D eigenvalue weighted by Crippen LogP contribution is -2.24. The van der Waals surface area contributed by atoms with Gasteiger partial charge in [0.2, 0.25) is 10.0 Å². The van der Waals surface area contributed by atoms with E-state index in [1.807, 2.05) is 19.1 Å². The molecule has 0 aromatic heterocycles. The van der Waals surface area contributed by atoms with Gasteiger partial charge in [0.25, 0.3) is 0 Å². The third kappa shape index (κ3) is 4.48. The molecule has 17 heavy (non-hydrogen) atoms. The molecule has 0 aliphatic carbocycles. The molecule has 3 nitrogen and oxygen atoms in total. The summed E-state index contributed by atoms with van der Waals surface area (Å²) in [4.78, 5) is 0.355. The Bertz CT molecular complexity index is 423. The normalized spacial score (nSPS) is 11.6. The first kappa shape index (κ1) is 14.2. The van der Waals surface area contributed by atoms with Crippen molar-refractivity contribution in [3.8, 4) is 0 Å². The lowest BCUT2D eigenvalue weighted by molar-refractivity contribution is 0.578. The van der Waals surface area contributed by atoms with E-state index in [1.54, 1.807) is 12.1 Å². The van der Waals surface area contributed by atoms with Crippen LogP contribution < -0.4 is 4.72 Å². The van der Waals surface area contributed by atoms with Crippen LogP contribution in [-0.2, 0) is 16.4 Å². The Hall–Kier alpha value is -0.870. The Morgan fingerprint density at radius 3 is 2.24 bits per heavy atom. The molecule has 96 valence electrons. The lowest BCUT2D eigenvalue weighted by Gasteiger charge is -2.06. The Kier molecular flexibility index (Phi) is 5.65. The minimum atomic E-state index is -3.31. The molecule has 0 spiro atoms. The quantitative estimate of drug-likeness (QED) is 0.761. The van der Waals surface area contributed by atoms with Gasteiger partial charge in [0.05, 0.1) is 4.90 Å². The molecule has 1 rings (SSSR count). The van der Waals surface area contributed by atoms with Crippen LogP contribution in [0.25, 0.3) is 0 Å². The zero-order chi connectivity index (χ0) is 12.7. The van der Waals surface area contributed by atoms with Crippen LogP contribution in [0.3, 0.4) is 0 Å². The molecule has 1 aromatic rings. The minimum absolute atomic E-state index is 0.355. The van der Waals surface area contributed by atoms with E-state index in [2.05, 4.69) is 11.6 Å². The average molecular weight is 255 g/mol. The number of benzene rings is 1. The molecular formula is C13H21NO2S. The maximum Gasteiger partial charge on any atom is 0.240 e. The first-order valence-electron chi connectivity index (χ1n) is 6.18.